The largest absolute Gasteiger partial charge is 0.384 e. The number of rotatable bonds is 4. The van der Waals surface area contributed by atoms with E-state index >= 15 is 0 Å². The number of fused-ring (bicyclic) bond motifs is 1. The van der Waals surface area contributed by atoms with E-state index in [1.165, 1.54) is 11.2 Å². The van der Waals surface area contributed by atoms with Crippen LogP contribution in [0.15, 0.2) is 36.7 Å². The predicted octanol–water partition coefficient (Wildman–Crippen LogP) is 3.97. The van der Waals surface area contributed by atoms with Gasteiger partial charge < -0.3 is 10.4 Å². The number of hydrogen-bond acceptors (Lipinski definition) is 5. The molecule has 0 amide bonds. The van der Waals surface area contributed by atoms with Gasteiger partial charge in [0.2, 0.25) is 0 Å². The van der Waals surface area contributed by atoms with E-state index in [1.54, 1.807) is 30.4 Å². The lowest BCUT2D eigenvalue weighted by Crippen LogP contribution is -2.31. The summed E-state index contributed by atoms with van der Waals surface area (Å²) in [6.07, 6.45) is 1.54. The van der Waals surface area contributed by atoms with Crippen molar-refractivity contribution in [3.63, 3.8) is 0 Å². The van der Waals surface area contributed by atoms with Crippen molar-refractivity contribution in [2.45, 2.75) is 19.4 Å². The highest BCUT2D eigenvalue weighted by atomic mass is 35.5. The Morgan fingerprint density at radius 1 is 1.32 bits per heavy atom. The molecular formula is C16H16ClN3OS. The Labute approximate surface area is 137 Å². The minimum absolute atomic E-state index is 0.328. The van der Waals surface area contributed by atoms with Gasteiger partial charge in [-0.25, -0.2) is 9.97 Å². The normalized spacial score (nSPS) is 14.0. The highest BCUT2D eigenvalue weighted by molar-refractivity contribution is 7.18. The van der Waals surface area contributed by atoms with Crippen molar-refractivity contribution in [1.29, 1.82) is 0 Å². The first-order valence-corrected chi connectivity index (χ1v) is 8.08. The molecule has 114 valence electrons. The van der Waals surface area contributed by atoms with E-state index in [0.717, 1.165) is 21.6 Å². The first-order valence-electron chi connectivity index (χ1n) is 6.89. The molecule has 0 aliphatic carbocycles. The van der Waals surface area contributed by atoms with Gasteiger partial charge in [0.1, 0.15) is 22.6 Å². The summed E-state index contributed by atoms with van der Waals surface area (Å²) in [5.41, 5.74) is -0.285. The number of aliphatic hydroxyl groups is 1. The molecule has 3 rings (SSSR count). The van der Waals surface area contributed by atoms with Crippen molar-refractivity contribution in [3.8, 4) is 0 Å². The maximum atomic E-state index is 10.7. The number of nitrogens with zero attached hydrogens (tertiary/aromatic N) is 2. The highest BCUT2D eigenvalue weighted by Gasteiger charge is 2.23. The van der Waals surface area contributed by atoms with Crippen molar-refractivity contribution in [3.05, 3.63) is 52.1 Å². The van der Waals surface area contributed by atoms with Crippen molar-refractivity contribution < 1.29 is 5.11 Å². The molecule has 1 aromatic carbocycles. The molecule has 22 heavy (non-hydrogen) atoms. The Bertz CT molecular complexity index is 816. The summed E-state index contributed by atoms with van der Waals surface area (Å²) < 4.78 is 0. The van der Waals surface area contributed by atoms with Crippen molar-refractivity contribution in [2.24, 2.45) is 0 Å². The topological polar surface area (TPSA) is 58.0 Å². The van der Waals surface area contributed by atoms with Gasteiger partial charge in [0, 0.05) is 16.4 Å². The quantitative estimate of drug-likeness (QED) is 0.758. The van der Waals surface area contributed by atoms with Crippen LogP contribution in [0.2, 0.25) is 5.02 Å². The third-order valence-electron chi connectivity index (χ3n) is 3.50. The van der Waals surface area contributed by atoms with Gasteiger partial charge >= 0.3 is 0 Å². The molecule has 3 aromatic rings. The Balaban J connectivity index is 1.84. The number of nitrogens with one attached hydrogen (secondary N) is 1. The molecule has 0 bridgehead atoms. The third-order valence-corrected chi connectivity index (χ3v) is 4.69. The first kappa shape index (κ1) is 15.2. The molecule has 2 heterocycles. The summed E-state index contributed by atoms with van der Waals surface area (Å²) in [6.45, 7) is 4.12. The molecule has 0 fully saturated rings. The van der Waals surface area contributed by atoms with Crippen LogP contribution in [0.5, 0.6) is 0 Å². The standard InChI is InChI=1S/C16H16ClN3OS/c1-10-6-13-14(19-9-20-15(13)22-10)18-8-16(2,21)11-4-3-5-12(17)7-11/h3-7,9,21H,8H2,1-2H3,(H,18,19,20). The molecule has 1 atom stereocenters. The second kappa shape index (κ2) is 5.83. The molecule has 0 saturated heterocycles. The summed E-state index contributed by atoms with van der Waals surface area (Å²) in [7, 11) is 0. The average Bonchev–Trinajstić information content (AvgIpc) is 2.86. The van der Waals surface area contributed by atoms with Crippen molar-refractivity contribution in [2.75, 3.05) is 11.9 Å². The molecular weight excluding hydrogens is 318 g/mol. The van der Waals surface area contributed by atoms with E-state index in [4.69, 9.17) is 11.6 Å². The number of aryl methyl sites for hydroxylation is 1. The summed E-state index contributed by atoms with van der Waals surface area (Å²) >= 11 is 7.63. The molecule has 2 aromatic heterocycles. The van der Waals surface area contributed by atoms with Gasteiger partial charge in [0.05, 0.1) is 5.39 Å². The molecule has 2 N–H and O–H groups in total. The van der Waals surface area contributed by atoms with Crippen LogP contribution in [-0.2, 0) is 5.60 Å². The third kappa shape index (κ3) is 3.06. The number of aromatic nitrogens is 2. The van der Waals surface area contributed by atoms with E-state index < -0.39 is 5.60 Å². The van der Waals surface area contributed by atoms with Crippen LogP contribution >= 0.6 is 22.9 Å². The lowest BCUT2D eigenvalue weighted by molar-refractivity contribution is 0.0715. The van der Waals surface area contributed by atoms with Crippen LogP contribution in [0.4, 0.5) is 5.82 Å². The van der Waals surface area contributed by atoms with Gasteiger partial charge in [0.25, 0.3) is 0 Å². The molecule has 0 saturated carbocycles. The zero-order valence-electron chi connectivity index (χ0n) is 12.3. The monoisotopic (exact) mass is 333 g/mol. The van der Waals surface area contributed by atoms with E-state index in [-0.39, 0.29) is 0 Å². The molecule has 1 unspecified atom stereocenters. The van der Waals surface area contributed by atoms with E-state index in [2.05, 4.69) is 21.4 Å². The lowest BCUT2D eigenvalue weighted by atomic mass is 9.96. The molecule has 6 heteroatoms. The molecule has 0 aliphatic rings. The zero-order valence-corrected chi connectivity index (χ0v) is 13.9. The van der Waals surface area contributed by atoms with Gasteiger partial charge in [0.15, 0.2) is 0 Å². The van der Waals surface area contributed by atoms with Gasteiger partial charge in [-0.1, -0.05) is 23.7 Å². The van der Waals surface area contributed by atoms with Crippen LogP contribution in [-0.4, -0.2) is 21.6 Å². The summed E-state index contributed by atoms with van der Waals surface area (Å²) in [4.78, 5) is 10.7. The predicted molar refractivity (Wildman–Crippen MR) is 91.7 cm³/mol. The second-order valence-electron chi connectivity index (χ2n) is 5.44. The van der Waals surface area contributed by atoms with Crippen molar-refractivity contribution in [1.82, 2.24) is 9.97 Å². The van der Waals surface area contributed by atoms with Gasteiger partial charge in [-0.3, -0.25) is 0 Å². The fourth-order valence-electron chi connectivity index (χ4n) is 2.30. The number of anilines is 1. The van der Waals surface area contributed by atoms with Gasteiger partial charge in [-0.2, -0.15) is 0 Å². The molecule has 0 spiro atoms. The number of thiophene rings is 1. The highest BCUT2D eigenvalue weighted by Crippen LogP contribution is 2.29. The maximum Gasteiger partial charge on any atom is 0.138 e. The molecule has 4 nitrogen and oxygen atoms in total. The van der Waals surface area contributed by atoms with E-state index in [9.17, 15) is 5.11 Å². The Kier molecular flexibility index (Phi) is 4.04. The minimum atomic E-state index is -1.05. The summed E-state index contributed by atoms with van der Waals surface area (Å²) in [6, 6.07) is 9.30. The lowest BCUT2D eigenvalue weighted by Gasteiger charge is -2.24. The minimum Gasteiger partial charge on any atom is -0.384 e. The molecule has 0 radical (unpaired) electrons. The number of benzene rings is 1. The second-order valence-corrected chi connectivity index (χ2v) is 7.11. The Hall–Kier alpha value is -1.69. The van der Waals surface area contributed by atoms with Crippen molar-refractivity contribution >= 4 is 39.0 Å². The van der Waals surface area contributed by atoms with Gasteiger partial charge in [-0.15, -0.1) is 11.3 Å². The Morgan fingerprint density at radius 2 is 2.14 bits per heavy atom. The van der Waals surface area contributed by atoms with Gasteiger partial charge in [-0.05, 0) is 37.6 Å². The maximum absolute atomic E-state index is 10.7. The summed E-state index contributed by atoms with van der Waals surface area (Å²) in [5, 5.41) is 15.5. The fourth-order valence-corrected chi connectivity index (χ4v) is 3.34. The van der Waals surface area contributed by atoms with E-state index in [0.29, 0.717) is 11.6 Å². The zero-order chi connectivity index (χ0) is 15.7. The smallest absolute Gasteiger partial charge is 0.138 e. The van der Waals surface area contributed by atoms with Crippen LogP contribution in [0.25, 0.3) is 10.2 Å². The fraction of sp³-hybridized carbons (Fsp3) is 0.250. The SMILES string of the molecule is Cc1cc2c(NCC(C)(O)c3cccc(Cl)c3)ncnc2s1. The first-order chi connectivity index (χ1) is 10.5. The number of hydrogen-bond donors (Lipinski definition) is 2. The van der Waals surface area contributed by atoms with Crippen LogP contribution < -0.4 is 5.32 Å². The molecule has 0 aliphatic heterocycles. The van der Waals surface area contributed by atoms with Crippen LogP contribution in [0.3, 0.4) is 0 Å². The number of halogens is 1. The average molecular weight is 334 g/mol. The van der Waals surface area contributed by atoms with Crippen LogP contribution in [0, 0.1) is 6.92 Å². The summed E-state index contributed by atoms with van der Waals surface area (Å²) in [5.74, 6) is 0.733. The van der Waals surface area contributed by atoms with E-state index in [1.807, 2.05) is 19.1 Å². The van der Waals surface area contributed by atoms with Crippen LogP contribution in [0.1, 0.15) is 17.4 Å². The Morgan fingerprint density at radius 3 is 2.91 bits per heavy atom.